The summed E-state index contributed by atoms with van der Waals surface area (Å²) in [6.07, 6.45) is 0. The first-order valence-electron chi connectivity index (χ1n) is 4.96. The molecule has 0 unspecified atom stereocenters. The molecule has 1 N–H and O–H groups in total. The SMILES string of the molecule is COc1cc(C)ccc1-c1cc(CO)sn1. The Morgan fingerprint density at radius 3 is 2.81 bits per heavy atom. The summed E-state index contributed by atoms with van der Waals surface area (Å²) in [5.74, 6) is 0.815. The van der Waals surface area contributed by atoms with Crippen LogP contribution in [0.2, 0.25) is 0 Å². The molecule has 3 nitrogen and oxygen atoms in total. The van der Waals surface area contributed by atoms with Crippen molar-refractivity contribution in [3.05, 3.63) is 34.7 Å². The second-order valence-corrected chi connectivity index (χ2v) is 4.43. The predicted molar refractivity (Wildman–Crippen MR) is 64.8 cm³/mol. The summed E-state index contributed by atoms with van der Waals surface area (Å²) in [5, 5.41) is 9.01. The highest BCUT2D eigenvalue weighted by Crippen LogP contribution is 2.31. The first kappa shape index (κ1) is 11.1. The van der Waals surface area contributed by atoms with Crippen molar-refractivity contribution < 1.29 is 9.84 Å². The monoisotopic (exact) mass is 235 g/mol. The third kappa shape index (κ3) is 2.08. The lowest BCUT2D eigenvalue weighted by Gasteiger charge is -2.06. The van der Waals surface area contributed by atoms with Gasteiger partial charge in [0.25, 0.3) is 0 Å². The normalized spacial score (nSPS) is 10.4. The van der Waals surface area contributed by atoms with Crippen LogP contribution in [-0.2, 0) is 6.61 Å². The Morgan fingerprint density at radius 1 is 1.38 bits per heavy atom. The van der Waals surface area contributed by atoms with Gasteiger partial charge in [0.2, 0.25) is 0 Å². The van der Waals surface area contributed by atoms with Gasteiger partial charge in [0.05, 0.1) is 24.3 Å². The molecule has 16 heavy (non-hydrogen) atoms. The molecule has 0 amide bonds. The van der Waals surface area contributed by atoms with Crippen LogP contribution in [0.5, 0.6) is 5.75 Å². The zero-order valence-corrected chi connectivity index (χ0v) is 10.0. The third-order valence-electron chi connectivity index (χ3n) is 2.35. The van der Waals surface area contributed by atoms with E-state index >= 15 is 0 Å². The minimum absolute atomic E-state index is 0.0336. The second kappa shape index (κ2) is 4.63. The fourth-order valence-electron chi connectivity index (χ4n) is 1.52. The largest absolute Gasteiger partial charge is 0.496 e. The Balaban J connectivity index is 2.46. The number of benzene rings is 1. The van der Waals surface area contributed by atoms with Gasteiger partial charge < -0.3 is 9.84 Å². The van der Waals surface area contributed by atoms with Crippen LogP contribution in [-0.4, -0.2) is 16.6 Å². The molecule has 84 valence electrons. The minimum atomic E-state index is 0.0336. The van der Waals surface area contributed by atoms with Crippen LogP contribution >= 0.6 is 11.5 Å². The zero-order chi connectivity index (χ0) is 11.5. The highest BCUT2D eigenvalue weighted by atomic mass is 32.1. The maximum atomic E-state index is 9.01. The van der Waals surface area contributed by atoms with Crippen molar-refractivity contribution in [3.63, 3.8) is 0 Å². The fourth-order valence-corrected chi connectivity index (χ4v) is 2.11. The van der Waals surface area contributed by atoms with Crippen LogP contribution in [0.4, 0.5) is 0 Å². The maximum Gasteiger partial charge on any atom is 0.128 e. The summed E-state index contributed by atoms with van der Waals surface area (Å²) in [4.78, 5) is 0.859. The highest BCUT2D eigenvalue weighted by Gasteiger charge is 2.09. The molecule has 2 rings (SSSR count). The first-order valence-corrected chi connectivity index (χ1v) is 5.73. The molecular weight excluding hydrogens is 222 g/mol. The molecule has 0 aliphatic carbocycles. The number of ether oxygens (including phenoxy) is 1. The standard InChI is InChI=1S/C12H13NO2S/c1-8-3-4-10(12(5-8)15-2)11-6-9(7-14)16-13-11/h3-6,14H,7H2,1-2H3. The Hall–Kier alpha value is -1.39. The lowest BCUT2D eigenvalue weighted by molar-refractivity contribution is 0.285. The van der Waals surface area contributed by atoms with Crippen LogP contribution in [0.1, 0.15) is 10.4 Å². The summed E-state index contributed by atoms with van der Waals surface area (Å²) in [6, 6.07) is 7.88. The fraction of sp³-hybridized carbons (Fsp3) is 0.250. The van der Waals surface area contributed by atoms with Gasteiger partial charge in [-0.1, -0.05) is 6.07 Å². The minimum Gasteiger partial charge on any atom is -0.496 e. The molecule has 1 heterocycles. The molecule has 0 fully saturated rings. The number of hydrogen-bond acceptors (Lipinski definition) is 4. The van der Waals surface area contributed by atoms with E-state index in [-0.39, 0.29) is 6.61 Å². The summed E-state index contributed by atoms with van der Waals surface area (Å²) < 4.78 is 9.62. The summed E-state index contributed by atoms with van der Waals surface area (Å²) >= 11 is 1.31. The smallest absolute Gasteiger partial charge is 0.128 e. The van der Waals surface area contributed by atoms with Crippen molar-refractivity contribution in [3.8, 4) is 17.0 Å². The molecule has 1 aromatic heterocycles. The van der Waals surface area contributed by atoms with E-state index in [2.05, 4.69) is 4.37 Å². The van der Waals surface area contributed by atoms with Crippen LogP contribution in [0.3, 0.4) is 0 Å². The van der Waals surface area contributed by atoms with Crippen LogP contribution < -0.4 is 4.74 Å². The molecular formula is C12H13NO2S. The van der Waals surface area contributed by atoms with Gasteiger partial charge in [-0.25, -0.2) is 0 Å². The van der Waals surface area contributed by atoms with E-state index in [1.807, 2.05) is 31.2 Å². The van der Waals surface area contributed by atoms with Gasteiger partial charge in [-0.2, -0.15) is 4.37 Å². The Labute approximate surface area is 98.5 Å². The van der Waals surface area contributed by atoms with E-state index in [1.165, 1.54) is 11.5 Å². The molecule has 1 aromatic carbocycles. The summed E-state index contributed by atoms with van der Waals surface area (Å²) in [6.45, 7) is 2.05. The number of rotatable bonds is 3. The molecule has 0 aliphatic heterocycles. The molecule has 0 radical (unpaired) electrons. The lowest BCUT2D eigenvalue weighted by atomic mass is 10.1. The van der Waals surface area contributed by atoms with Gasteiger partial charge in [-0.3, -0.25) is 0 Å². The number of methoxy groups -OCH3 is 1. The van der Waals surface area contributed by atoms with Gasteiger partial charge in [-0.15, -0.1) is 0 Å². The number of aliphatic hydroxyl groups is 1. The van der Waals surface area contributed by atoms with Crippen molar-refractivity contribution in [2.75, 3.05) is 7.11 Å². The number of hydrogen-bond donors (Lipinski definition) is 1. The quantitative estimate of drug-likeness (QED) is 0.889. The van der Waals surface area contributed by atoms with E-state index < -0.39 is 0 Å². The van der Waals surface area contributed by atoms with Gasteiger partial charge >= 0.3 is 0 Å². The van der Waals surface area contributed by atoms with E-state index in [0.717, 1.165) is 27.4 Å². The number of nitrogens with zero attached hydrogens (tertiary/aromatic N) is 1. The number of aliphatic hydroxyl groups excluding tert-OH is 1. The molecule has 0 saturated heterocycles. The lowest BCUT2D eigenvalue weighted by Crippen LogP contribution is -1.88. The van der Waals surface area contributed by atoms with Gasteiger partial charge in [0.15, 0.2) is 0 Å². The van der Waals surface area contributed by atoms with Crippen molar-refractivity contribution in [2.45, 2.75) is 13.5 Å². The topological polar surface area (TPSA) is 42.4 Å². The Morgan fingerprint density at radius 2 is 2.19 bits per heavy atom. The van der Waals surface area contributed by atoms with Crippen molar-refractivity contribution in [1.82, 2.24) is 4.37 Å². The molecule has 0 aliphatic rings. The second-order valence-electron chi connectivity index (χ2n) is 3.54. The average molecular weight is 235 g/mol. The van der Waals surface area contributed by atoms with Crippen LogP contribution in [0.15, 0.2) is 24.3 Å². The molecule has 0 spiro atoms. The predicted octanol–water partition coefficient (Wildman–Crippen LogP) is 2.62. The van der Waals surface area contributed by atoms with Gasteiger partial charge in [-0.05, 0) is 42.2 Å². The number of aryl methyl sites for hydroxylation is 1. The summed E-state index contributed by atoms with van der Waals surface area (Å²) in [5.41, 5.74) is 2.97. The number of aromatic nitrogens is 1. The molecule has 0 bridgehead atoms. The van der Waals surface area contributed by atoms with Crippen molar-refractivity contribution in [2.24, 2.45) is 0 Å². The summed E-state index contributed by atoms with van der Waals surface area (Å²) in [7, 11) is 1.65. The van der Waals surface area contributed by atoms with Crippen LogP contribution in [0, 0.1) is 6.92 Å². The molecule has 0 atom stereocenters. The Bertz CT molecular complexity index is 494. The van der Waals surface area contributed by atoms with E-state index in [0.29, 0.717) is 0 Å². The van der Waals surface area contributed by atoms with Gasteiger partial charge in [0, 0.05) is 5.56 Å². The van der Waals surface area contributed by atoms with Crippen molar-refractivity contribution >= 4 is 11.5 Å². The van der Waals surface area contributed by atoms with Gasteiger partial charge in [0.1, 0.15) is 5.75 Å². The molecule has 2 aromatic rings. The average Bonchev–Trinajstić information content (AvgIpc) is 2.77. The van der Waals surface area contributed by atoms with Crippen LogP contribution in [0.25, 0.3) is 11.3 Å². The van der Waals surface area contributed by atoms with E-state index in [4.69, 9.17) is 9.84 Å². The van der Waals surface area contributed by atoms with E-state index in [9.17, 15) is 0 Å². The zero-order valence-electron chi connectivity index (χ0n) is 9.23. The first-order chi connectivity index (χ1) is 7.74. The Kier molecular flexibility index (Phi) is 3.22. The highest BCUT2D eigenvalue weighted by molar-refractivity contribution is 7.06. The third-order valence-corrected chi connectivity index (χ3v) is 3.12. The molecule has 0 saturated carbocycles. The van der Waals surface area contributed by atoms with E-state index in [1.54, 1.807) is 7.11 Å². The molecule has 4 heteroatoms. The maximum absolute atomic E-state index is 9.01. The van der Waals surface area contributed by atoms with Crippen molar-refractivity contribution in [1.29, 1.82) is 0 Å².